The zero-order valence-corrected chi connectivity index (χ0v) is 11.2. The number of hydrogen-bond donors (Lipinski definition) is 2. The van der Waals surface area contributed by atoms with Crippen LogP contribution in [-0.4, -0.2) is 27.7 Å². The molecule has 0 bridgehead atoms. The molecule has 0 saturated carbocycles. The van der Waals surface area contributed by atoms with Gasteiger partial charge in [-0.2, -0.15) is 0 Å². The summed E-state index contributed by atoms with van der Waals surface area (Å²) in [7, 11) is 0. The molecule has 0 amide bonds. The summed E-state index contributed by atoms with van der Waals surface area (Å²) in [6.07, 6.45) is 1.83. The molecule has 2 N–H and O–H groups in total. The van der Waals surface area contributed by atoms with Crippen molar-refractivity contribution in [3.8, 4) is 0 Å². The van der Waals surface area contributed by atoms with E-state index in [0.29, 0.717) is 5.92 Å². The van der Waals surface area contributed by atoms with Crippen LogP contribution in [0.15, 0.2) is 6.07 Å². The molecular weight excluding hydrogens is 214 g/mol. The molecule has 0 aliphatic carbocycles. The predicted octanol–water partition coefficient (Wildman–Crippen LogP) is 2.17. The third-order valence-electron chi connectivity index (χ3n) is 2.58. The lowest BCUT2D eigenvalue weighted by atomic mass is 10.0. The van der Waals surface area contributed by atoms with Crippen molar-refractivity contribution in [2.45, 2.75) is 46.6 Å². The van der Waals surface area contributed by atoms with Gasteiger partial charge < -0.3 is 10.4 Å². The van der Waals surface area contributed by atoms with Crippen molar-refractivity contribution in [1.29, 1.82) is 0 Å². The van der Waals surface area contributed by atoms with Crippen LogP contribution in [0.3, 0.4) is 0 Å². The summed E-state index contributed by atoms with van der Waals surface area (Å²) in [5, 5.41) is 12.6. The number of hydrogen-bond acceptors (Lipinski definition) is 4. The highest BCUT2D eigenvalue weighted by Gasteiger charge is 2.11. The lowest BCUT2D eigenvalue weighted by molar-refractivity contribution is 0.259. The Kier molecular flexibility index (Phi) is 5.35. The Labute approximate surface area is 103 Å². The highest BCUT2D eigenvalue weighted by molar-refractivity contribution is 5.37. The lowest BCUT2D eigenvalue weighted by Gasteiger charge is -2.19. The van der Waals surface area contributed by atoms with Crippen LogP contribution in [0.1, 0.15) is 38.7 Å². The van der Waals surface area contributed by atoms with Gasteiger partial charge in [-0.25, -0.2) is 9.97 Å². The molecule has 0 aliphatic rings. The van der Waals surface area contributed by atoms with Crippen LogP contribution in [0.25, 0.3) is 0 Å². The number of aliphatic hydroxyl groups is 1. The minimum Gasteiger partial charge on any atom is -0.394 e. The Morgan fingerprint density at radius 3 is 2.59 bits per heavy atom. The van der Waals surface area contributed by atoms with E-state index in [1.807, 2.05) is 13.0 Å². The molecule has 4 heteroatoms. The molecule has 1 aromatic heterocycles. The van der Waals surface area contributed by atoms with Crippen LogP contribution in [0, 0.1) is 12.8 Å². The van der Waals surface area contributed by atoms with Crippen molar-refractivity contribution in [3.05, 3.63) is 17.6 Å². The number of nitrogens with zero attached hydrogens (tertiary/aromatic N) is 2. The van der Waals surface area contributed by atoms with Crippen LogP contribution in [0.4, 0.5) is 5.82 Å². The average Bonchev–Trinajstić information content (AvgIpc) is 2.26. The van der Waals surface area contributed by atoms with Gasteiger partial charge in [-0.15, -0.1) is 0 Å². The van der Waals surface area contributed by atoms with Crippen LogP contribution in [0.2, 0.25) is 0 Å². The van der Waals surface area contributed by atoms with Gasteiger partial charge in [0.1, 0.15) is 11.6 Å². The van der Waals surface area contributed by atoms with E-state index in [1.165, 1.54) is 0 Å². The van der Waals surface area contributed by atoms with Gasteiger partial charge in [0, 0.05) is 11.8 Å². The number of aliphatic hydroxyl groups excluding tert-OH is 1. The molecule has 0 aromatic carbocycles. The van der Waals surface area contributed by atoms with E-state index in [-0.39, 0.29) is 12.6 Å². The molecule has 96 valence electrons. The van der Waals surface area contributed by atoms with Crippen molar-refractivity contribution in [1.82, 2.24) is 9.97 Å². The fraction of sp³-hybridized carbons (Fsp3) is 0.692. The standard InChI is InChI=1S/C13H23N3O/c1-5-11-7-13(15-10(4)14-11)16-12(8-17)6-9(2)3/h7,9,12,17H,5-6,8H2,1-4H3,(H,14,15,16). The van der Waals surface area contributed by atoms with Crippen molar-refractivity contribution < 1.29 is 5.11 Å². The average molecular weight is 237 g/mol. The fourth-order valence-electron chi connectivity index (χ4n) is 1.84. The number of aryl methyl sites for hydroxylation is 2. The Morgan fingerprint density at radius 1 is 1.35 bits per heavy atom. The number of nitrogens with one attached hydrogen (secondary N) is 1. The number of anilines is 1. The van der Waals surface area contributed by atoms with Gasteiger partial charge in [-0.05, 0) is 25.7 Å². The Hall–Kier alpha value is -1.16. The first-order valence-electron chi connectivity index (χ1n) is 6.27. The van der Waals surface area contributed by atoms with Gasteiger partial charge in [-0.1, -0.05) is 20.8 Å². The van der Waals surface area contributed by atoms with Gasteiger partial charge in [0.05, 0.1) is 12.6 Å². The third-order valence-corrected chi connectivity index (χ3v) is 2.58. The second-order valence-corrected chi connectivity index (χ2v) is 4.80. The molecule has 0 fully saturated rings. The summed E-state index contributed by atoms with van der Waals surface area (Å²) in [4.78, 5) is 8.68. The molecule has 4 nitrogen and oxygen atoms in total. The minimum atomic E-state index is 0.0639. The van der Waals surface area contributed by atoms with Crippen molar-refractivity contribution in [3.63, 3.8) is 0 Å². The summed E-state index contributed by atoms with van der Waals surface area (Å²) in [5.74, 6) is 2.13. The van der Waals surface area contributed by atoms with Gasteiger partial charge >= 0.3 is 0 Å². The Morgan fingerprint density at radius 2 is 2.06 bits per heavy atom. The highest BCUT2D eigenvalue weighted by atomic mass is 16.3. The molecule has 1 rings (SSSR count). The summed E-state index contributed by atoms with van der Waals surface area (Å²) in [6.45, 7) is 8.38. The third kappa shape index (κ3) is 4.69. The Balaban J connectivity index is 2.74. The second-order valence-electron chi connectivity index (χ2n) is 4.80. The lowest BCUT2D eigenvalue weighted by Crippen LogP contribution is -2.26. The summed E-state index contributed by atoms with van der Waals surface area (Å²) in [5.41, 5.74) is 1.03. The molecule has 17 heavy (non-hydrogen) atoms. The maximum atomic E-state index is 9.33. The molecule has 0 saturated heterocycles. The van der Waals surface area contributed by atoms with Gasteiger partial charge in [0.2, 0.25) is 0 Å². The smallest absolute Gasteiger partial charge is 0.130 e. The monoisotopic (exact) mass is 237 g/mol. The van der Waals surface area contributed by atoms with E-state index in [9.17, 15) is 5.11 Å². The fourth-order valence-corrected chi connectivity index (χ4v) is 1.84. The number of aromatic nitrogens is 2. The van der Waals surface area contributed by atoms with Crippen LogP contribution in [0.5, 0.6) is 0 Å². The first kappa shape index (κ1) is 13.9. The molecule has 1 heterocycles. The zero-order valence-electron chi connectivity index (χ0n) is 11.2. The zero-order chi connectivity index (χ0) is 12.8. The van der Waals surface area contributed by atoms with E-state index >= 15 is 0 Å². The van der Waals surface area contributed by atoms with Crippen molar-refractivity contribution >= 4 is 5.82 Å². The van der Waals surface area contributed by atoms with Crippen molar-refractivity contribution in [2.75, 3.05) is 11.9 Å². The first-order valence-corrected chi connectivity index (χ1v) is 6.27. The maximum Gasteiger partial charge on any atom is 0.130 e. The minimum absolute atomic E-state index is 0.0639. The molecule has 1 atom stereocenters. The summed E-state index contributed by atoms with van der Waals surface area (Å²) < 4.78 is 0. The normalized spacial score (nSPS) is 12.8. The van der Waals surface area contributed by atoms with Gasteiger partial charge in [0.15, 0.2) is 0 Å². The van der Waals surface area contributed by atoms with Crippen molar-refractivity contribution in [2.24, 2.45) is 5.92 Å². The highest BCUT2D eigenvalue weighted by Crippen LogP contribution is 2.12. The first-order chi connectivity index (χ1) is 8.05. The Bertz CT molecular complexity index is 353. The maximum absolute atomic E-state index is 9.33. The number of rotatable bonds is 6. The molecular formula is C13H23N3O. The van der Waals surface area contributed by atoms with Crippen LogP contribution >= 0.6 is 0 Å². The summed E-state index contributed by atoms with van der Waals surface area (Å²) >= 11 is 0. The van der Waals surface area contributed by atoms with E-state index in [2.05, 4.69) is 36.1 Å². The SMILES string of the molecule is CCc1cc(NC(CO)CC(C)C)nc(C)n1. The van der Waals surface area contributed by atoms with E-state index < -0.39 is 0 Å². The van der Waals surface area contributed by atoms with E-state index in [1.54, 1.807) is 0 Å². The molecule has 1 aromatic rings. The van der Waals surface area contributed by atoms with Gasteiger partial charge in [-0.3, -0.25) is 0 Å². The predicted molar refractivity (Wildman–Crippen MR) is 70.1 cm³/mol. The molecule has 0 radical (unpaired) electrons. The second kappa shape index (κ2) is 6.55. The topological polar surface area (TPSA) is 58.0 Å². The summed E-state index contributed by atoms with van der Waals surface area (Å²) in [6, 6.07) is 2.02. The van der Waals surface area contributed by atoms with E-state index in [0.717, 1.165) is 30.2 Å². The molecule has 0 spiro atoms. The largest absolute Gasteiger partial charge is 0.394 e. The van der Waals surface area contributed by atoms with E-state index in [4.69, 9.17) is 0 Å². The van der Waals surface area contributed by atoms with Crippen LogP contribution < -0.4 is 5.32 Å². The molecule has 1 unspecified atom stereocenters. The van der Waals surface area contributed by atoms with Gasteiger partial charge in [0.25, 0.3) is 0 Å². The molecule has 0 aliphatic heterocycles. The van der Waals surface area contributed by atoms with Crippen LogP contribution in [-0.2, 0) is 6.42 Å². The quantitative estimate of drug-likeness (QED) is 0.796.